The lowest BCUT2D eigenvalue weighted by atomic mass is 9.89. The van der Waals surface area contributed by atoms with Crippen LogP contribution in [0.5, 0.6) is 0 Å². The fourth-order valence-electron chi connectivity index (χ4n) is 4.17. The van der Waals surface area contributed by atoms with Crippen molar-refractivity contribution in [2.24, 2.45) is 5.73 Å². The van der Waals surface area contributed by atoms with E-state index in [9.17, 15) is 34.5 Å². The molecule has 0 saturated carbocycles. The molecule has 34 heavy (non-hydrogen) atoms. The van der Waals surface area contributed by atoms with Gasteiger partial charge in [-0.2, -0.15) is 0 Å². The number of carboxylic acids is 1. The Hall–Kier alpha value is -1.97. The monoisotopic (exact) mass is 507 g/mol. The molecule has 2 aliphatic heterocycles. The van der Waals surface area contributed by atoms with Gasteiger partial charge in [0.25, 0.3) is 0 Å². The third-order valence-electron chi connectivity index (χ3n) is 5.74. The number of nitrogens with two attached hydrogens (primary N) is 1. The average molecular weight is 508 g/mol. The van der Waals surface area contributed by atoms with Gasteiger partial charge in [0.05, 0.1) is 18.5 Å². The zero-order valence-electron chi connectivity index (χ0n) is 19.5. The summed E-state index contributed by atoms with van der Waals surface area (Å²) in [6, 6.07) is -2.49. The molecule has 0 bridgehead atoms. The normalized spacial score (nSPS) is 32.0. The van der Waals surface area contributed by atoms with Crippen molar-refractivity contribution in [3.05, 3.63) is 0 Å². The van der Waals surface area contributed by atoms with Crippen LogP contribution in [0.1, 0.15) is 41.0 Å². The molecule has 194 valence electrons. The first-order valence-electron chi connectivity index (χ1n) is 10.7. The summed E-state index contributed by atoms with van der Waals surface area (Å²) in [5.74, 6) is -4.01. The number of hydrogen-bond acceptors (Lipinski definition) is 11. The van der Waals surface area contributed by atoms with E-state index in [0.717, 1.165) is 0 Å². The van der Waals surface area contributed by atoms with Crippen LogP contribution in [0.25, 0.3) is 0 Å². The Morgan fingerprint density at radius 1 is 1.03 bits per heavy atom. The third kappa shape index (κ3) is 6.17. The Kier molecular flexibility index (Phi) is 8.59. The maximum Gasteiger partial charge on any atom is 0.335 e. The number of hydrogen-bond donors (Lipinski definition) is 7. The standard InChI is InChI=1S/C20H33N3O10S/c1-7(14(28)23-18-19(2,3)34-20(18,4)5)22-15(29)8(21)6-9(24)32-17-12(27)10(25)11(26)13(33-17)16(30)31/h7-8,10-13,17-18,25-27H,6,21H2,1-5H3,(H,22,29)(H,23,28)(H,30,31)/t7-,8?,10?,11+,12-,13+,17-/m1/s1. The maximum atomic E-state index is 12.5. The molecule has 13 nitrogen and oxygen atoms in total. The molecule has 7 atom stereocenters. The molecule has 0 aliphatic carbocycles. The minimum absolute atomic E-state index is 0.120. The molecule has 2 unspecified atom stereocenters. The Morgan fingerprint density at radius 2 is 1.59 bits per heavy atom. The highest BCUT2D eigenvalue weighted by molar-refractivity contribution is 8.03. The summed E-state index contributed by atoms with van der Waals surface area (Å²) in [7, 11) is 0. The van der Waals surface area contributed by atoms with Gasteiger partial charge in [0.1, 0.15) is 24.4 Å². The zero-order chi connectivity index (χ0) is 26.2. The van der Waals surface area contributed by atoms with Gasteiger partial charge in [0, 0.05) is 9.49 Å². The number of ether oxygens (including phenoxy) is 2. The zero-order valence-corrected chi connectivity index (χ0v) is 20.4. The number of aliphatic hydroxyl groups excluding tert-OH is 3. The number of amides is 2. The average Bonchev–Trinajstić information content (AvgIpc) is 2.70. The van der Waals surface area contributed by atoms with E-state index in [2.05, 4.69) is 10.6 Å². The minimum Gasteiger partial charge on any atom is -0.479 e. The van der Waals surface area contributed by atoms with Crippen molar-refractivity contribution in [3.63, 3.8) is 0 Å². The number of aliphatic carboxylic acids is 1. The van der Waals surface area contributed by atoms with Gasteiger partial charge in [-0.3, -0.25) is 14.4 Å². The molecule has 0 aromatic heterocycles. The molecule has 8 N–H and O–H groups in total. The first-order chi connectivity index (χ1) is 15.5. The summed E-state index contributed by atoms with van der Waals surface area (Å²) in [5.41, 5.74) is 5.72. The second-order valence-electron chi connectivity index (χ2n) is 9.52. The predicted octanol–water partition coefficient (Wildman–Crippen LogP) is -2.57. The lowest BCUT2D eigenvalue weighted by Crippen LogP contribution is -2.68. The van der Waals surface area contributed by atoms with Crippen molar-refractivity contribution in [1.29, 1.82) is 0 Å². The molecule has 0 aromatic rings. The molecule has 2 amide bonds. The number of thioether (sulfide) groups is 1. The SMILES string of the molecule is C[C@@H](NC(=O)C(N)CC(=O)O[C@@H]1O[C@H](C(=O)O)[C@@H](O)C(O)[C@H]1O)C(=O)NC1C(C)(C)SC1(C)C. The van der Waals surface area contributed by atoms with Crippen LogP contribution in [0, 0.1) is 0 Å². The molecule has 0 spiro atoms. The fourth-order valence-corrected chi connectivity index (χ4v) is 6.29. The van der Waals surface area contributed by atoms with Crippen LogP contribution >= 0.6 is 11.8 Å². The Labute approximate surface area is 200 Å². The van der Waals surface area contributed by atoms with Gasteiger partial charge in [-0.1, -0.05) is 0 Å². The van der Waals surface area contributed by atoms with Gasteiger partial charge in [-0.15, -0.1) is 11.8 Å². The molecular weight excluding hydrogens is 474 g/mol. The molecule has 2 fully saturated rings. The number of nitrogens with one attached hydrogen (secondary N) is 2. The van der Waals surface area contributed by atoms with E-state index in [4.69, 9.17) is 20.3 Å². The highest BCUT2D eigenvalue weighted by Gasteiger charge is 2.55. The van der Waals surface area contributed by atoms with Gasteiger partial charge in [-0.05, 0) is 34.6 Å². The summed E-state index contributed by atoms with van der Waals surface area (Å²) in [6.07, 6.45) is -10.4. The lowest BCUT2D eigenvalue weighted by molar-refractivity contribution is -0.286. The molecule has 14 heteroatoms. The topological polar surface area (TPSA) is 218 Å². The van der Waals surface area contributed by atoms with Crippen LogP contribution < -0.4 is 16.4 Å². The largest absolute Gasteiger partial charge is 0.479 e. The van der Waals surface area contributed by atoms with Crippen molar-refractivity contribution < 1.29 is 49.1 Å². The first-order valence-corrected chi connectivity index (χ1v) is 11.5. The van der Waals surface area contributed by atoms with E-state index in [1.54, 1.807) is 11.8 Å². The summed E-state index contributed by atoms with van der Waals surface area (Å²) in [6.45, 7) is 9.48. The number of aliphatic hydroxyl groups is 3. The van der Waals surface area contributed by atoms with E-state index in [0.29, 0.717) is 0 Å². The third-order valence-corrected chi connectivity index (χ3v) is 7.26. The van der Waals surface area contributed by atoms with Crippen LogP contribution in [0.4, 0.5) is 0 Å². The van der Waals surface area contributed by atoms with Crippen LogP contribution in [-0.2, 0) is 28.7 Å². The van der Waals surface area contributed by atoms with Crippen molar-refractivity contribution in [1.82, 2.24) is 10.6 Å². The predicted molar refractivity (Wildman–Crippen MR) is 118 cm³/mol. The van der Waals surface area contributed by atoms with Crippen molar-refractivity contribution >= 4 is 35.5 Å². The van der Waals surface area contributed by atoms with Crippen LogP contribution in [0.15, 0.2) is 0 Å². The maximum absolute atomic E-state index is 12.5. The van der Waals surface area contributed by atoms with Gasteiger partial charge in [-0.25, -0.2) is 4.79 Å². The number of carbonyl (C=O) groups is 4. The molecule has 0 aromatic carbocycles. The van der Waals surface area contributed by atoms with E-state index >= 15 is 0 Å². The number of rotatable bonds is 8. The molecule has 0 radical (unpaired) electrons. The van der Waals surface area contributed by atoms with Gasteiger partial charge >= 0.3 is 11.9 Å². The van der Waals surface area contributed by atoms with Gasteiger partial charge in [0.15, 0.2) is 6.10 Å². The molecule has 2 rings (SSSR count). The summed E-state index contributed by atoms with van der Waals surface area (Å²) < 4.78 is 9.31. The smallest absolute Gasteiger partial charge is 0.335 e. The second-order valence-corrected chi connectivity index (χ2v) is 11.8. The minimum atomic E-state index is -1.95. The summed E-state index contributed by atoms with van der Waals surface area (Å²) in [4.78, 5) is 48.1. The van der Waals surface area contributed by atoms with Crippen LogP contribution in [0.2, 0.25) is 0 Å². The van der Waals surface area contributed by atoms with E-state index < -0.39 is 73.0 Å². The van der Waals surface area contributed by atoms with Crippen molar-refractivity contribution in [2.75, 3.05) is 0 Å². The molecule has 2 aliphatic rings. The molecular formula is C20H33N3O10S. The summed E-state index contributed by atoms with van der Waals surface area (Å²) >= 11 is 1.73. The number of carbonyl (C=O) groups excluding carboxylic acids is 3. The Morgan fingerprint density at radius 3 is 2.09 bits per heavy atom. The molecule has 2 heterocycles. The van der Waals surface area contributed by atoms with Crippen LogP contribution in [-0.4, -0.2) is 103 Å². The first kappa shape index (κ1) is 28.3. The number of carboxylic acid groups (broad SMARTS) is 1. The highest BCUT2D eigenvalue weighted by atomic mass is 32.2. The van der Waals surface area contributed by atoms with E-state index in [1.165, 1.54) is 6.92 Å². The molecule has 2 saturated heterocycles. The van der Waals surface area contributed by atoms with E-state index in [-0.39, 0.29) is 15.5 Å². The summed E-state index contributed by atoms with van der Waals surface area (Å²) in [5, 5.41) is 43.6. The van der Waals surface area contributed by atoms with Crippen molar-refractivity contribution in [3.8, 4) is 0 Å². The highest BCUT2D eigenvalue weighted by Crippen LogP contribution is 2.54. The van der Waals surface area contributed by atoms with Gasteiger partial charge < -0.3 is 46.3 Å². The van der Waals surface area contributed by atoms with Gasteiger partial charge in [0.2, 0.25) is 18.1 Å². The Balaban J connectivity index is 1.87. The van der Waals surface area contributed by atoms with E-state index in [1.807, 2.05) is 27.7 Å². The second kappa shape index (κ2) is 10.3. The number of esters is 1. The fraction of sp³-hybridized carbons (Fsp3) is 0.800. The lowest BCUT2D eigenvalue weighted by Gasteiger charge is -2.57. The van der Waals surface area contributed by atoms with Crippen molar-refractivity contribution in [2.45, 2.75) is 99.4 Å². The quantitative estimate of drug-likeness (QED) is 0.169. The Bertz CT molecular complexity index is 808. The van der Waals surface area contributed by atoms with Crippen LogP contribution in [0.3, 0.4) is 0 Å².